The van der Waals surface area contributed by atoms with Crippen molar-refractivity contribution >= 4 is 34.3 Å². The Morgan fingerprint density at radius 3 is 2.87 bits per heavy atom. The van der Waals surface area contributed by atoms with E-state index in [1.165, 1.54) is 24.3 Å². The standard InChI is InChI=1S/C15H9ClFN3O3/c16-8-4-5-12-11(6-8)13(21)14(20-19-12)23-15(22)18-10-3-1-2-9(17)7-10/h1-7H,(H,18,22)(H,19,21). The fourth-order valence-electron chi connectivity index (χ4n) is 1.95. The molecule has 0 aliphatic heterocycles. The number of benzene rings is 2. The van der Waals surface area contributed by atoms with E-state index >= 15 is 0 Å². The maximum absolute atomic E-state index is 13.0. The molecular weight excluding hydrogens is 325 g/mol. The molecule has 0 radical (unpaired) electrons. The summed E-state index contributed by atoms with van der Waals surface area (Å²) in [6.07, 6.45) is -0.963. The number of H-pyrrole nitrogens is 1. The van der Waals surface area contributed by atoms with Crippen LogP contribution in [-0.4, -0.2) is 16.3 Å². The predicted molar refractivity (Wildman–Crippen MR) is 83.4 cm³/mol. The van der Waals surface area contributed by atoms with Crippen LogP contribution >= 0.6 is 11.6 Å². The zero-order valence-electron chi connectivity index (χ0n) is 11.5. The summed E-state index contributed by atoms with van der Waals surface area (Å²) in [5.74, 6) is -0.951. The summed E-state index contributed by atoms with van der Waals surface area (Å²) in [7, 11) is 0. The Kier molecular flexibility index (Phi) is 3.94. The highest BCUT2D eigenvalue weighted by atomic mass is 35.5. The summed E-state index contributed by atoms with van der Waals surface area (Å²) in [6, 6.07) is 9.86. The van der Waals surface area contributed by atoms with E-state index in [1.807, 2.05) is 0 Å². The van der Waals surface area contributed by atoms with Crippen LogP contribution in [0.25, 0.3) is 10.9 Å². The molecule has 0 saturated heterocycles. The molecule has 0 aliphatic rings. The monoisotopic (exact) mass is 333 g/mol. The van der Waals surface area contributed by atoms with Gasteiger partial charge in [-0.3, -0.25) is 15.2 Å². The maximum Gasteiger partial charge on any atom is 0.418 e. The number of amides is 1. The molecular formula is C15H9ClFN3O3. The predicted octanol–water partition coefficient (Wildman–Crippen LogP) is 3.33. The molecule has 2 N–H and O–H groups in total. The molecule has 116 valence electrons. The van der Waals surface area contributed by atoms with Gasteiger partial charge in [-0.05, 0) is 36.4 Å². The molecule has 0 spiro atoms. The number of fused-ring (bicyclic) bond motifs is 1. The number of aromatic nitrogens is 2. The Bertz CT molecular complexity index is 958. The van der Waals surface area contributed by atoms with Crippen LogP contribution in [0.15, 0.2) is 47.3 Å². The number of hydrogen-bond acceptors (Lipinski definition) is 4. The molecule has 1 heterocycles. The van der Waals surface area contributed by atoms with Gasteiger partial charge in [0.1, 0.15) is 5.82 Å². The van der Waals surface area contributed by atoms with Gasteiger partial charge in [0.15, 0.2) is 0 Å². The normalized spacial score (nSPS) is 10.5. The zero-order chi connectivity index (χ0) is 16.4. The van der Waals surface area contributed by atoms with Crippen molar-refractivity contribution in [1.29, 1.82) is 0 Å². The Labute approximate surface area is 133 Å². The number of nitrogens with zero attached hydrogens (tertiary/aromatic N) is 1. The minimum absolute atomic E-state index is 0.190. The SMILES string of the molecule is O=C(Nc1cccc(F)c1)Oc1n[nH]c2ccc(Cl)cc2c1=O. The summed E-state index contributed by atoms with van der Waals surface area (Å²) < 4.78 is 17.9. The first-order valence-electron chi connectivity index (χ1n) is 6.45. The third-order valence-corrected chi connectivity index (χ3v) is 3.19. The van der Waals surface area contributed by atoms with E-state index in [-0.39, 0.29) is 11.1 Å². The average molecular weight is 334 g/mol. The molecule has 0 fully saturated rings. The summed E-state index contributed by atoms with van der Waals surface area (Å²) in [5.41, 5.74) is 0.0585. The second-order valence-corrected chi connectivity index (χ2v) is 5.01. The molecule has 0 atom stereocenters. The van der Waals surface area contributed by atoms with E-state index in [4.69, 9.17) is 16.3 Å². The third kappa shape index (κ3) is 3.29. The number of anilines is 1. The minimum Gasteiger partial charge on any atom is -0.385 e. The van der Waals surface area contributed by atoms with Crippen molar-refractivity contribution in [3.8, 4) is 5.88 Å². The van der Waals surface area contributed by atoms with Gasteiger partial charge in [0.05, 0.1) is 10.9 Å². The molecule has 2 aromatic carbocycles. The van der Waals surface area contributed by atoms with Gasteiger partial charge < -0.3 is 4.74 Å². The van der Waals surface area contributed by atoms with Crippen LogP contribution in [0.3, 0.4) is 0 Å². The lowest BCUT2D eigenvalue weighted by Gasteiger charge is -2.06. The van der Waals surface area contributed by atoms with Crippen LogP contribution in [-0.2, 0) is 0 Å². The summed E-state index contributed by atoms with van der Waals surface area (Å²) >= 11 is 5.84. The van der Waals surface area contributed by atoms with Crippen molar-refractivity contribution in [2.45, 2.75) is 0 Å². The Balaban J connectivity index is 1.85. The van der Waals surface area contributed by atoms with Crippen molar-refractivity contribution in [3.05, 3.63) is 63.5 Å². The lowest BCUT2D eigenvalue weighted by molar-refractivity contribution is 0.212. The number of ether oxygens (including phenoxy) is 1. The Morgan fingerprint density at radius 2 is 2.09 bits per heavy atom. The molecule has 0 aliphatic carbocycles. The number of carbonyl (C=O) groups is 1. The third-order valence-electron chi connectivity index (χ3n) is 2.96. The lowest BCUT2D eigenvalue weighted by atomic mass is 10.2. The Hall–Kier alpha value is -2.93. The zero-order valence-corrected chi connectivity index (χ0v) is 12.2. The van der Waals surface area contributed by atoms with E-state index in [1.54, 1.807) is 12.1 Å². The summed E-state index contributed by atoms with van der Waals surface area (Å²) in [6.45, 7) is 0. The van der Waals surface area contributed by atoms with E-state index in [0.717, 1.165) is 6.07 Å². The smallest absolute Gasteiger partial charge is 0.385 e. The van der Waals surface area contributed by atoms with Gasteiger partial charge in [-0.15, -0.1) is 5.10 Å². The Morgan fingerprint density at radius 1 is 1.26 bits per heavy atom. The molecule has 0 saturated carbocycles. The van der Waals surface area contributed by atoms with Gasteiger partial charge in [-0.1, -0.05) is 17.7 Å². The van der Waals surface area contributed by atoms with Crippen LogP contribution in [0.2, 0.25) is 5.02 Å². The first-order chi connectivity index (χ1) is 11.0. The number of hydrogen-bond donors (Lipinski definition) is 2. The largest absolute Gasteiger partial charge is 0.418 e. The molecule has 1 amide bonds. The number of carbonyl (C=O) groups excluding carboxylic acids is 1. The molecule has 0 bridgehead atoms. The highest BCUT2D eigenvalue weighted by Crippen LogP contribution is 2.16. The van der Waals surface area contributed by atoms with Crippen LogP contribution in [0.5, 0.6) is 5.88 Å². The van der Waals surface area contributed by atoms with Gasteiger partial charge in [-0.25, -0.2) is 9.18 Å². The van der Waals surface area contributed by atoms with Gasteiger partial charge in [0.25, 0.3) is 11.3 Å². The van der Waals surface area contributed by atoms with Crippen molar-refractivity contribution in [2.24, 2.45) is 0 Å². The van der Waals surface area contributed by atoms with Crippen LogP contribution in [0.1, 0.15) is 0 Å². The second-order valence-electron chi connectivity index (χ2n) is 4.57. The number of halogens is 2. The summed E-state index contributed by atoms with van der Waals surface area (Å²) in [4.78, 5) is 24.0. The first-order valence-corrected chi connectivity index (χ1v) is 6.83. The minimum atomic E-state index is -0.963. The number of rotatable bonds is 2. The molecule has 1 aromatic heterocycles. The van der Waals surface area contributed by atoms with Gasteiger partial charge in [-0.2, -0.15) is 0 Å². The maximum atomic E-state index is 13.0. The highest BCUT2D eigenvalue weighted by Gasteiger charge is 2.13. The molecule has 0 unspecified atom stereocenters. The van der Waals surface area contributed by atoms with Gasteiger partial charge in [0.2, 0.25) is 0 Å². The molecule has 3 aromatic rings. The quantitative estimate of drug-likeness (QED) is 0.753. The highest BCUT2D eigenvalue weighted by molar-refractivity contribution is 6.31. The molecule has 6 nitrogen and oxygen atoms in total. The fraction of sp³-hybridized carbons (Fsp3) is 0. The van der Waals surface area contributed by atoms with Crippen LogP contribution < -0.4 is 15.5 Å². The van der Waals surface area contributed by atoms with Crippen LogP contribution in [0.4, 0.5) is 14.9 Å². The van der Waals surface area contributed by atoms with E-state index in [0.29, 0.717) is 10.5 Å². The van der Waals surface area contributed by atoms with E-state index in [9.17, 15) is 14.0 Å². The molecule has 8 heteroatoms. The molecule has 3 rings (SSSR count). The second kappa shape index (κ2) is 6.05. The summed E-state index contributed by atoms with van der Waals surface area (Å²) in [5, 5.41) is 9.19. The fourth-order valence-corrected chi connectivity index (χ4v) is 2.12. The van der Waals surface area contributed by atoms with Crippen molar-refractivity contribution in [2.75, 3.05) is 5.32 Å². The van der Waals surface area contributed by atoms with Gasteiger partial charge in [0, 0.05) is 10.7 Å². The van der Waals surface area contributed by atoms with E-state index < -0.39 is 23.2 Å². The molecule has 23 heavy (non-hydrogen) atoms. The number of nitrogens with one attached hydrogen (secondary N) is 2. The van der Waals surface area contributed by atoms with Crippen molar-refractivity contribution in [3.63, 3.8) is 0 Å². The first kappa shape index (κ1) is 15.0. The van der Waals surface area contributed by atoms with Crippen molar-refractivity contribution in [1.82, 2.24) is 10.2 Å². The van der Waals surface area contributed by atoms with Crippen molar-refractivity contribution < 1.29 is 13.9 Å². The van der Waals surface area contributed by atoms with E-state index in [2.05, 4.69) is 15.5 Å². The van der Waals surface area contributed by atoms with Crippen LogP contribution in [0, 0.1) is 5.82 Å². The number of aromatic amines is 1. The topological polar surface area (TPSA) is 84.1 Å². The lowest BCUT2D eigenvalue weighted by Crippen LogP contribution is -2.22. The van der Waals surface area contributed by atoms with Gasteiger partial charge >= 0.3 is 6.09 Å². The average Bonchev–Trinajstić information content (AvgIpc) is 2.50.